The van der Waals surface area contributed by atoms with Crippen molar-refractivity contribution in [1.29, 1.82) is 0 Å². The normalized spacial score (nSPS) is 12.2. The van der Waals surface area contributed by atoms with Crippen LogP contribution >= 0.6 is 27.5 Å². The third kappa shape index (κ3) is 3.66. The molecule has 0 aromatic heterocycles. The Balaban J connectivity index is 1.88. The maximum Gasteiger partial charge on any atom is 0.104 e. The van der Waals surface area contributed by atoms with Gasteiger partial charge in [-0.3, -0.25) is 0 Å². The first-order chi connectivity index (χ1) is 11.0. The number of aliphatic hydroxyl groups is 1. The fourth-order valence-electron chi connectivity index (χ4n) is 2.63. The van der Waals surface area contributed by atoms with E-state index >= 15 is 0 Å². The maximum absolute atomic E-state index is 10.5. The van der Waals surface area contributed by atoms with Gasteiger partial charge in [-0.2, -0.15) is 0 Å². The molecular weight excluding hydrogens is 372 g/mol. The van der Waals surface area contributed by atoms with Crippen LogP contribution in [0.4, 0.5) is 0 Å². The van der Waals surface area contributed by atoms with Crippen molar-refractivity contribution < 1.29 is 5.11 Å². The molecule has 1 atom stereocenters. The Hall–Kier alpha value is -1.61. The van der Waals surface area contributed by atoms with Crippen molar-refractivity contribution in [2.75, 3.05) is 0 Å². The average Bonchev–Trinajstić information content (AvgIpc) is 2.55. The molecule has 23 heavy (non-hydrogen) atoms. The highest BCUT2D eigenvalue weighted by molar-refractivity contribution is 9.10. The standard InChI is InChI=1S/C20H16BrClO/c1-13-12-18(22)10-11-19(13)14-2-4-15(5-3-14)20(23)16-6-8-17(21)9-7-16/h2-12,20,23H,1H3. The fourth-order valence-corrected chi connectivity index (χ4v) is 3.12. The van der Waals surface area contributed by atoms with Crippen LogP contribution in [0, 0.1) is 6.92 Å². The average molecular weight is 388 g/mol. The van der Waals surface area contributed by atoms with Crippen molar-refractivity contribution in [3.63, 3.8) is 0 Å². The largest absolute Gasteiger partial charge is 0.384 e. The van der Waals surface area contributed by atoms with Gasteiger partial charge in [0.2, 0.25) is 0 Å². The summed E-state index contributed by atoms with van der Waals surface area (Å²) in [5.41, 5.74) is 5.16. The van der Waals surface area contributed by atoms with Gasteiger partial charge >= 0.3 is 0 Å². The molecule has 3 heteroatoms. The SMILES string of the molecule is Cc1cc(Cl)ccc1-c1ccc(C(O)c2ccc(Br)cc2)cc1. The highest BCUT2D eigenvalue weighted by Gasteiger charge is 2.11. The summed E-state index contributed by atoms with van der Waals surface area (Å²) in [6, 6.07) is 21.6. The quantitative estimate of drug-likeness (QED) is 0.570. The summed E-state index contributed by atoms with van der Waals surface area (Å²) < 4.78 is 1.00. The molecule has 3 aromatic rings. The molecule has 0 heterocycles. The van der Waals surface area contributed by atoms with Crippen LogP contribution in [0.25, 0.3) is 11.1 Å². The Morgan fingerprint density at radius 3 is 2.00 bits per heavy atom. The van der Waals surface area contributed by atoms with E-state index in [1.54, 1.807) is 0 Å². The van der Waals surface area contributed by atoms with Gasteiger partial charge in [-0.15, -0.1) is 0 Å². The zero-order chi connectivity index (χ0) is 16.4. The van der Waals surface area contributed by atoms with Crippen LogP contribution in [0.1, 0.15) is 22.8 Å². The van der Waals surface area contributed by atoms with Gasteiger partial charge in [0.05, 0.1) is 0 Å². The van der Waals surface area contributed by atoms with Crippen LogP contribution in [0.15, 0.2) is 71.2 Å². The highest BCUT2D eigenvalue weighted by Crippen LogP contribution is 2.29. The smallest absolute Gasteiger partial charge is 0.104 e. The van der Waals surface area contributed by atoms with Gasteiger partial charge in [-0.1, -0.05) is 70.0 Å². The van der Waals surface area contributed by atoms with Crippen LogP contribution in [-0.2, 0) is 0 Å². The lowest BCUT2D eigenvalue weighted by Crippen LogP contribution is -1.99. The molecule has 1 nitrogen and oxygen atoms in total. The number of hydrogen-bond acceptors (Lipinski definition) is 1. The van der Waals surface area contributed by atoms with E-state index in [1.165, 1.54) is 0 Å². The number of halogens is 2. The Morgan fingerprint density at radius 1 is 0.870 bits per heavy atom. The Morgan fingerprint density at radius 2 is 1.43 bits per heavy atom. The van der Waals surface area contributed by atoms with E-state index in [-0.39, 0.29) is 0 Å². The number of aliphatic hydroxyl groups excluding tert-OH is 1. The summed E-state index contributed by atoms with van der Waals surface area (Å²) in [6.07, 6.45) is -0.622. The molecule has 0 radical (unpaired) electrons. The lowest BCUT2D eigenvalue weighted by Gasteiger charge is -2.13. The zero-order valence-corrected chi connectivity index (χ0v) is 15.0. The molecular formula is C20H16BrClO. The van der Waals surface area contributed by atoms with Gasteiger partial charge < -0.3 is 5.11 Å². The van der Waals surface area contributed by atoms with Crippen molar-refractivity contribution in [1.82, 2.24) is 0 Å². The minimum Gasteiger partial charge on any atom is -0.384 e. The Kier molecular flexibility index (Phi) is 4.86. The molecule has 0 spiro atoms. The number of benzene rings is 3. The molecule has 1 N–H and O–H groups in total. The third-order valence-electron chi connectivity index (χ3n) is 3.91. The number of hydrogen-bond donors (Lipinski definition) is 1. The topological polar surface area (TPSA) is 20.2 Å². The second-order valence-electron chi connectivity index (χ2n) is 5.54. The molecule has 0 aliphatic carbocycles. The van der Waals surface area contributed by atoms with E-state index in [0.29, 0.717) is 0 Å². The second-order valence-corrected chi connectivity index (χ2v) is 6.89. The summed E-state index contributed by atoms with van der Waals surface area (Å²) in [4.78, 5) is 0. The van der Waals surface area contributed by atoms with Crippen molar-refractivity contribution in [3.8, 4) is 11.1 Å². The first-order valence-electron chi connectivity index (χ1n) is 7.34. The van der Waals surface area contributed by atoms with E-state index in [1.807, 2.05) is 73.7 Å². The van der Waals surface area contributed by atoms with E-state index < -0.39 is 6.10 Å². The van der Waals surface area contributed by atoms with Crippen molar-refractivity contribution in [2.24, 2.45) is 0 Å². The van der Waals surface area contributed by atoms with Crippen LogP contribution in [0.2, 0.25) is 5.02 Å². The van der Waals surface area contributed by atoms with E-state index in [4.69, 9.17) is 11.6 Å². The monoisotopic (exact) mass is 386 g/mol. The van der Waals surface area contributed by atoms with E-state index in [9.17, 15) is 5.11 Å². The predicted molar refractivity (Wildman–Crippen MR) is 99.8 cm³/mol. The molecule has 116 valence electrons. The highest BCUT2D eigenvalue weighted by atomic mass is 79.9. The first-order valence-corrected chi connectivity index (χ1v) is 8.52. The predicted octanol–water partition coefficient (Wildman–Crippen LogP) is 6.16. The van der Waals surface area contributed by atoms with Crippen molar-refractivity contribution in [2.45, 2.75) is 13.0 Å². The lowest BCUT2D eigenvalue weighted by atomic mass is 9.96. The number of rotatable bonds is 3. The molecule has 0 saturated carbocycles. The summed E-state index contributed by atoms with van der Waals surface area (Å²) in [6.45, 7) is 2.05. The summed E-state index contributed by atoms with van der Waals surface area (Å²) in [5.74, 6) is 0. The minimum absolute atomic E-state index is 0.622. The van der Waals surface area contributed by atoms with Crippen LogP contribution in [0.3, 0.4) is 0 Å². The molecule has 1 unspecified atom stereocenters. The fraction of sp³-hybridized carbons (Fsp3) is 0.100. The Bertz CT molecular complexity index is 810. The number of aryl methyl sites for hydroxylation is 1. The molecule has 0 aliphatic heterocycles. The second kappa shape index (κ2) is 6.88. The molecule has 0 fully saturated rings. The minimum atomic E-state index is -0.622. The maximum atomic E-state index is 10.5. The van der Waals surface area contributed by atoms with E-state index in [0.717, 1.165) is 37.3 Å². The van der Waals surface area contributed by atoms with Crippen molar-refractivity contribution >= 4 is 27.5 Å². The molecule has 0 saturated heterocycles. The molecule has 0 bridgehead atoms. The zero-order valence-electron chi connectivity index (χ0n) is 12.6. The third-order valence-corrected chi connectivity index (χ3v) is 4.68. The van der Waals surface area contributed by atoms with Gasteiger partial charge in [0.1, 0.15) is 6.10 Å². The summed E-state index contributed by atoms with van der Waals surface area (Å²) >= 11 is 9.42. The summed E-state index contributed by atoms with van der Waals surface area (Å²) in [7, 11) is 0. The van der Waals surface area contributed by atoms with Crippen LogP contribution < -0.4 is 0 Å². The summed E-state index contributed by atoms with van der Waals surface area (Å²) in [5, 5.41) is 11.2. The van der Waals surface area contributed by atoms with Gasteiger partial charge in [-0.25, -0.2) is 0 Å². The van der Waals surface area contributed by atoms with E-state index in [2.05, 4.69) is 15.9 Å². The molecule has 0 aliphatic rings. The van der Waals surface area contributed by atoms with Gasteiger partial charge in [-0.05, 0) is 59.0 Å². The Labute approximate surface area is 149 Å². The van der Waals surface area contributed by atoms with Crippen LogP contribution in [0.5, 0.6) is 0 Å². The molecule has 3 rings (SSSR count). The van der Waals surface area contributed by atoms with Crippen LogP contribution in [-0.4, -0.2) is 5.11 Å². The molecule has 3 aromatic carbocycles. The lowest BCUT2D eigenvalue weighted by molar-refractivity contribution is 0.220. The van der Waals surface area contributed by atoms with Crippen molar-refractivity contribution in [3.05, 3.63) is 92.9 Å². The molecule has 0 amide bonds. The first kappa shape index (κ1) is 16.3. The van der Waals surface area contributed by atoms with Gasteiger partial charge in [0, 0.05) is 9.50 Å². The van der Waals surface area contributed by atoms with Gasteiger partial charge in [0.15, 0.2) is 0 Å². The van der Waals surface area contributed by atoms with Gasteiger partial charge in [0.25, 0.3) is 0 Å².